The summed E-state index contributed by atoms with van der Waals surface area (Å²) in [6, 6.07) is 26.4. The summed E-state index contributed by atoms with van der Waals surface area (Å²) < 4.78 is 29.3. The molecule has 1 amide bonds. The molecule has 0 aliphatic carbocycles. The molecule has 0 aromatic heterocycles. The SMILES string of the molecule is CC(=O)c1ccc(-c2ccc(C(Nc3ccccc3F)C(=O)N3CCCC3c3ccccc3F)cc2)cc1. The first-order valence-electron chi connectivity index (χ1n) is 12.7. The molecular weight excluding hydrogens is 482 g/mol. The van der Waals surface area contributed by atoms with Crippen LogP contribution in [-0.2, 0) is 4.79 Å². The van der Waals surface area contributed by atoms with Crippen molar-refractivity contribution in [2.24, 2.45) is 0 Å². The minimum absolute atomic E-state index is 0.00284. The average Bonchev–Trinajstić information content (AvgIpc) is 3.42. The van der Waals surface area contributed by atoms with Gasteiger partial charge in [0.1, 0.15) is 17.7 Å². The second kappa shape index (κ2) is 11.0. The van der Waals surface area contributed by atoms with Crippen molar-refractivity contribution in [1.82, 2.24) is 4.90 Å². The Labute approximate surface area is 220 Å². The third-order valence-corrected chi connectivity index (χ3v) is 7.09. The fourth-order valence-corrected chi connectivity index (χ4v) is 5.05. The molecule has 0 saturated carbocycles. The Bertz CT molecular complexity index is 1450. The number of carbonyl (C=O) groups is 2. The Morgan fingerprint density at radius 2 is 1.42 bits per heavy atom. The van der Waals surface area contributed by atoms with E-state index in [1.54, 1.807) is 53.4 Å². The topological polar surface area (TPSA) is 49.4 Å². The Morgan fingerprint density at radius 3 is 2.05 bits per heavy atom. The molecule has 2 atom stereocenters. The van der Waals surface area contributed by atoms with Crippen molar-refractivity contribution >= 4 is 17.4 Å². The molecule has 38 heavy (non-hydrogen) atoms. The Kier molecular flexibility index (Phi) is 7.31. The minimum Gasteiger partial charge on any atom is -0.368 e. The van der Waals surface area contributed by atoms with E-state index in [4.69, 9.17) is 0 Å². The van der Waals surface area contributed by atoms with E-state index in [9.17, 15) is 18.4 Å². The second-order valence-electron chi connectivity index (χ2n) is 9.52. The molecule has 5 rings (SSSR count). The van der Waals surface area contributed by atoms with Crippen LogP contribution in [0.4, 0.5) is 14.5 Å². The van der Waals surface area contributed by atoms with E-state index in [0.717, 1.165) is 17.5 Å². The van der Waals surface area contributed by atoms with E-state index in [0.29, 0.717) is 29.7 Å². The molecular formula is C32H28F2N2O2. The predicted octanol–water partition coefficient (Wildman–Crippen LogP) is 7.35. The van der Waals surface area contributed by atoms with Crippen LogP contribution in [0.3, 0.4) is 0 Å². The lowest BCUT2D eigenvalue weighted by molar-refractivity contribution is -0.133. The summed E-state index contributed by atoms with van der Waals surface area (Å²) in [6.07, 6.45) is 1.42. The molecule has 4 aromatic rings. The summed E-state index contributed by atoms with van der Waals surface area (Å²) in [5.41, 5.74) is 3.88. The van der Waals surface area contributed by atoms with Crippen LogP contribution in [0.5, 0.6) is 0 Å². The number of ketones is 1. The monoisotopic (exact) mass is 510 g/mol. The molecule has 0 spiro atoms. The number of nitrogens with one attached hydrogen (secondary N) is 1. The van der Waals surface area contributed by atoms with Gasteiger partial charge in [0.05, 0.1) is 11.7 Å². The zero-order valence-corrected chi connectivity index (χ0v) is 21.0. The molecule has 1 fully saturated rings. The highest BCUT2D eigenvalue weighted by molar-refractivity contribution is 5.94. The summed E-state index contributed by atoms with van der Waals surface area (Å²) >= 11 is 0. The number of anilines is 1. The van der Waals surface area contributed by atoms with Crippen molar-refractivity contribution in [3.63, 3.8) is 0 Å². The molecule has 6 heteroatoms. The first-order chi connectivity index (χ1) is 18.4. The highest BCUT2D eigenvalue weighted by atomic mass is 19.1. The zero-order valence-electron chi connectivity index (χ0n) is 21.0. The van der Waals surface area contributed by atoms with Crippen LogP contribution >= 0.6 is 0 Å². The fraction of sp³-hybridized carbons (Fsp3) is 0.188. The number of Topliss-reactive ketones (excluding diaryl/α,β-unsaturated/α-hetero) is 1. The van der Waals surface area contributed by atoms with Gasteiger partial charge in [-0.3, -0.25) is 9.59 Å². The summed E-state index contributed by atoms with van der Waals surface area (Å²) in [6.45, 7) is 2.02. The number of hydrogen-bond donors (Lipinski definition) is 1. The van der Waals surface area contributed by atoms with Crippen LogP contribution in [0, 0.1) is 11.6 Å². The second-order valence-corrected chi connectivity index (χ2v) is 9.52. The fourth-order valence-electron chi connectivity index (χ4n) is 5.05. The third kappa shape index (κ3) is 5.21. The lowest BCUT2D eigenvalue weighted by Gasteiger charge is -2.30. The van der Waals surface area contributed by atoms with Crippen molar-refractivity contribution in [3.05, 3.63) is 125 Å². The van der Waals surface area contributed by atoms with Crippen LogP contribution in [0.25, 0.3) is 11.1 Å². The zero-order chi connectivity index (χ0) is 26.6. The number of likely N-dealkylation sites (tertiary alicyclic amines) is 1. The lowest BCUT2D eigenvalue weighted by atomic mass is 9.97. The highest BCUT2D eigenvalue weighted by Gasteiger charge is 2.36. The molecule has 4 nitrogen and oxygen atoms in total. The number of rotatable bonds is 7. The van der Waals surface area contributed by atoms with E-state index >= 15 is 0 Å². The quantitative estimate of drug-likeness (QED) is 0.265. The van der Waals surface area contributed by atoms with Crippen molar-refractivity contribution in [1.29, 1.82) is 0 Å². The number of nitrogens with zero attached hydrogens (tertiary/aromatic N) is 1. The van der Waals surface area contributed by atoms with E-state index in [1.807, 2.05) is 36.4 Å². The van der Waals surface area contributed by atoms with Gasteiger partial charge in [-0.15, -0.1) is 0 Å². The molecule has 1 saturated heterocycles. The van der Waals surface area contributed by atoms with Gasteiger partial charge in [0, 0.05) is 17.7 Å². The van der Waals surface area contributed by atoms with Gasteiger partial charge in [-0.1, -0.05) is 78.9 Å². The van der Waals surface area contributed by atoms with Gasteiger partial charge < -0.3 is 10.2 Å². The van der Waals surface area contributed by atoms with Crippen LogP contribution in [0.15, 0.2) is 97.1 Å². The molecule has 4 aromatic carbocycles. The highest BCUT2D eigenvalue weighted by Crippen LogP contribution is 2.36. The number of para-hydroxylation sites is 1. The maximum atomic E-state index is 14.7. The van der Waals surface area contributed by atoms with Gasteiger partial charge in [0.25, 0.3) is 0 Å². The predicted molar refractivity (Wildman–Crippen MR) is 145 cm³/mol. The first kappa shape index (κ1) is 25.3. The molecule has 1 aliphatic rings. The van der Waals surface area contributed by atoms with E-state index < -0.39 is 11.9 Å². The first-order valence-corrected chi connectivity index (χ1v) is 12.7. The van der Waals surface area contributed by atoms with Crippen LogP contribution in [-0.4, -0.2) is 23.1 Å². The smallest absolute Gasteiger partial charge is 0.250 e. The standard InChI is InChI=1S/C32H28F2N2O2/c1-21(37)22-12-14-23(15-13-22)24-16-18-25(19-17-24)31(35-29-10-5-4-9-28(29)34)32(38)36-20-6-11-30(36)26-7-2-3-8-27(26)33/h2-5,7-10,12-19,30-31,35H,6,11,20H2,1H3. The van der Waals surface area contributed by atoms with Gasteiger partial charge in [0.2, 0.25) is 5.91 Å². The normalized spacial score (nSPS) is 15.8. The Hall–Kier alpha value is -4.32. The van der Waals surface area contributed by atoms with E-state index in [1.165, 1.54) is 19.1 Å². The van der Waals surface area contributed by atoms with E-state index in [-0.39, 0.29) is 29.2 Å². The third-order valence-electron chi connectivity index (χ3n) is 7.09. The Morgan fingerprint density at radius 1 is 0.816 bits per heavy atom. The van der Waals surface area contributed by atoms with Gasteiger partial charge in [0.15, 0.2) is 5.78 Å². The van der Waals surface area contributed by atoms with Gasteiger partial charge in [-0.05, 0) is 54.7 Å². The number of benzene rings is 4. The molecule has 1 heterocycles. The average molecular weight is 511 g/mol. The van der Waals surface area contributed by atoms with Gasteiger partial charge >= 0.3 is 0 Å². The Balaban J connectivity index is 1.47. The molecule has 192 valence electrons. The van der Waals surface area contributed by atoms with Crippen molar-refractivity contribution in [2.75, 3.05) is 11.9 Å². The largest absolute Gasteiger partial charge is 0.368 e. The van der Waals surface area contributed by atoms with Gasteiger partial charge in [-0.25, -0.2) is 8.78 Å². The van der Waals surface area contributed by atoms with Crippen molar-refractivity contribution in [3.8, 4) is 11.1 Å². The maximum absolute atomic E-state index is 14.7. The minimum atomic E-state index is -0.867. The lowest BCUT2D eigenvalue weighted by Crippen LogP contribution is -2.38. The molecule has 0 radical (unpaired) electrons. The maximum Gasteiger partial charge on any atom is 0.250 e. The number of carbonyl (C=O) groups excluding carboxylic acids is 2. The van der Waals surface area contributed by atoms with E-state index in [2.05, 4.69) is 5.32 Å². The van der Waals surface area contributed by atoms with Crippen LogP contribution in [0.1, 0.15) is 53.3 Å². The van der Waals surface area contributed by atoms with Crippen LogP contribution in [0.2, 0.25) is 0 Å². The molecule has 1 N–H and O–H groups in total. The number of hydrogen-bond acceptors (Lipinski definition) is 3. The molecule has 2 unspecified atom stereocenters. The summed E-state index contributed by atoms with van der Waals surface area (Å²) in [7, 11) is 0. The van der Waals surface area contributed by atoms with Crippen molar-refractivity contribution < 1.29 is 18.4 Å². The summed E-state index contributed by atoms with van der Waals surface area (Å²) in [5, 5.41) is 3.11. The van der Waals surface area contributed by atoms with Crippen LogP contribution < -0.4 is 5.32 Å². The molecule has 0 bridgehead atoms. The molecule has 1 aliphatic heterocycles. The summed E-state index contributed by atoms with van der Waals surface area (Å²) in [5.74, 6) is -1.03. The number of halogens is 2. The number of amides is 1. The van der Waals surface area contributed by atoms with Crippen molar-refractivity contribution in [2.45, 2.75) is 31.8 Å². The van der Waals surface area contributed by atoms with Gasteiger partial charge in [-0.2, -0.15) is 0 Å². The summed E-state index contributed by atoms with van der Waals surface area (Å²) in [4.78, 5) is 27.3.